The summed E-state index contributed by atoms with van der Waals surface area (Å²) in [5.74, 6) is 0.194. The fourth-order valence-electron chi connectivity index (χ4n) is 2.03. The van der Waals surface area contributed by atoms with E-state index >= 15 is 0 Å². The topological polar surface area (TPSA) is 72.5 Å². The van der Waals surface area contributed by atoms with Gasteiger partial charge in [-0.05, 0) is 24.8 Å². The van der Waals surface area contributed by atoms with Gasteiger partial charge in [-0.3, -0.25) is 10.5 Å². The highest BCUT2D eigenvalue weighted by atomic mass is 35.5. The third-order valence-electron chi connectivity index (χ3n) is 3.32. The van der Waals surface area contributed by atoms with Crippen LogP contribution in [-0.2, 0) is 10.5 Å². The zero-order chi connectivity index (χ0) is 12.5. The summed E-state index contributed by atoms with van der Waals surface area (Å²) in [4.78, 5) is 10.7. The summed E-state index contributed by atoms with van der Waals surface area (Å²) < 4.78 is 5.30. The first-order valence-electron chi connectivity index (χ1n) is 5.69. The van der Waals surface area contributed by atoms with E-state index in [-0.39, 0.29) is 18.3 Å². The molecule has 3 N–H and O–H groups in total. The van der Waals surface area contributed by atoms with Crippen LogP contribution in [0.3, 0.4) is 0 Å². The van der Waals surface area contributed by atoms with Gasteiger partial charge < -0.3 is 9.84 Å². The second-order valence-corrected chi connectivity index (χ2v) is 4.52. The molecule has 5 heteroatoms. The first kappa shape index (κ1) is 15.1. The molecule has 0 aliphatic heterocycles. The van der Waals surface area contributed by atoms with E-state index in [1.165, 1.54) is 7.11 Å². The molecule has 2 rings (SSSR count). The normalized spacial score (nSPS) is 19.5. The standard InChI is InChI=1S/C13H17NO3.ClH/c1-17-13(14,12(16)10-5-6-10)11-4-2-3-9(7-11)8-15;/h2-4,7-8,10,12,16H,5-6,14H2,1H3;1H/t12-,13-;/m1./s1. The van der Waals surface area contributed by atoms with E-state index in [2.05, 4.69) is 0 Å². The van der Waals surface area contributed by atoms with Crippen LogP contribution in [0.5, 0.6) is 0 Å². The van der Waals surface area contributed by atoms with Crippen LogP contribution in [0.4, 0.5) is 0 Å². The Labute approximate surface area is 113 Å². The Balaban J connectivity index is 0.00000162. The number of methoxy groups -OCH3 is 1. The van der Waals surface area contributed by atoms with E-state index < -0.39 is 11.8 Å². The van der Waals surface area contributed by atoms with Crippen molar-refractivity contribution in [2.24, 2.45) is 11.7 Å². The number of aldehydes is 1. The molecule has 1 aliphatic rings. The third-order valence-corrected chi connectivity index (χ3v) is 3.32. The van der Waals surface area contributed by atoms with Crippen molar-refractivity contribution in [2.45, 2.75) is 24.7 Å². The number of halogens is 1. The number of rotatable bonds is 5. The van der Waals surface area contributed by atoms with Crippen LogP contribution in [0.2, 0.25) is 0 Å². The number of aliphatic hydroxyl groups is 1. The number of carbonyl (C=O) groups is 1. The fraction of sp³-hybridized carbons (Fsp3) is 0.462. The van der Waals surface area contributed by atoms with Gasteiger partial charge in [0.25, 0.3) is 0 Å². The molecule has 1 aliphatic carbocycles. The zero-order valence-electron chi connectivity index (χ0n) is 10.2. The van der Waals surface area contributed by atoms with Crippen LogP contribution in [0.1, 0.15) is 28.8 Å². The molecule has 100 valence electrons. The maximum absolute atomic E-state index is 10.7. The van der Waals surface area contributed by atoms with Crippen molar-refractivity contribution in [1.82, 2.24) is 0 Å². The predicted octanol–water partition coefficient (Wildman–Crippen LogP) is 1.45. The van der Waals surface area contributed by atoms with Crippen LogP contribution in [-0.4, -0.2) is 24.6 Å². The van der Waals surface area contributed by atoms with Crippen LogP contribution < -0.4 is 5.73 Å². The average Bonchev–Trinajstić information content (AvgIpc) is 3.21. The Kier molecular flexibility index (Phi) is 4.87. The van der Waals surface area contributed by atoms with Crippen molar-refractivity contribution in [1.29, 1.82) is 0 Å². The molecule has 2 atom stereocenters. The molecule has 0 heterocycles. The molecule has 18 heavy (non-hydrogen) atoms. The number of aliphatic hydroxyl groups excluding tert-OH is 1. The van der Waals surface area contributed by atoms with Gasteiger partial charge in [-0.25, -0.2) is 0 Å². The Hall–Kier alpha value is -0.940. The molecule has 0 saturated heterocycles. The second kappa shape index (κ2) is 5.80. The molecule has 0 bridgehead atoms. The predicted molar refractivity (Wildman–Crippen MR) is 70.7 cm³/mol. The first-order valence-corrected chi connectivity index (χ1v) is 5.69. The van der Waals surface area contributed by atoms with Crippen LogP contribution in [0, 0.1) is 5.92 Å². The lowest BCUT2D eigenvalue weighted by Gasteiger charge is -2.33. The summed E-state index contributed by atoms with van der Waals surface area (Å²) in [6.07, 6.45) is 1.95. The quantitative estimate of drug-likeness (QED) is 0.628. The van der Waals surface area contributed by atoms with E-state index in [1.807, 2.05) is 0 Å². The number of hydrogen-bond acceptors (Lipinski definition) is 4. The van der Waals surface area contributed by atoms with Crippen molar-refractivity contribution in [3.63, 3.8) is 0 Å². The number of carbonyl (C=O) groups excluding carboxylic acids is 1. The molecule has 1 aromatic rings. The van der Waals surface area contributed by atoms with Crippen LogP contribution >= 0.6 is 12.4 Å². The minimum absolute atomic E-state index is 0. The minimum Gasteiger partial charge on any atom is -0.388 e. The lowest BCUT2D eigenvalue weighted by molar-refractivity contribution is -0.113. The van der Waals surface area contributed by atoms with Gasteiger partial charge in [0.05, 0.1) is 0 Å². The Bertz CT molecular complexity index is 422. The molecular weight excluding hydrogens is 254 g/mol. The second-order valence-electron chi connectivity index (χ2n) is 4.52. The fourth-order valence-corrected chi connectivity index (χ4v) is 2.03. The van der Waals surface area contributed by atoms with Crippen molar-refractivity contribution >= 4 is 18.7 Å². The summed E-state index contributed by atoms with van der Waals surface area (Å²) in [6.45, 7) is 0. The molecule has 0 aromatic heterocycles. The van der Waals surface area contributed by atoms with E-state index in [4.69, 9.17) is 10.5 Å². The number of nitrogens with two attached hydrogens (primary N) is 1. The number of benzene rings is 1. The highest BCUT2D eigenvalue weighted by Crippen LogP contribution is 2.40. The van der Waals surface area contributed by atoms with Gasteiger partial charge in [0, 0.05) is 18.2 Å². The molecule has 1 aromatic carbocycles. The van der Waals surface area contributed by atoms with Gasteiger partial charge in [0.1, 0.15) is 12.4 Å². The number of hydrogen-bond donors (Lipinski definition) is 2. The molecular formula is C13H18ClNO3. The summed E-state index contributed by atoms with van der Waals surface area (Å²) in [5.41, 5.74) is 6.06. The monoisotopic (exact) mass is 271 g/mol. The largest absolute Gasteiger partial charge is 0.388 e. The lowest BCUT2D eigenvalue weighted by atomic mass is 9.93. The van der Waals surface area contributed by atoms with Crippen LogP contribution in [0.15, 0.2) is 24.3 Å². The smallest absolute Gasteiger partial charge is 0.168 e. The van der Waals surface area contributed by atoms with Gasteiger partial charge in [-0.15, -0.1) is 12.4 Å². The lowest BCUT2D eigenvalue weighted by Crippen LogP contribution is -2.50. The van der Waals surface area contributed by atoms with Gasteiger partial charge in [-0.2, -0.15) is 0 Å². The zero-order valence-corrected chi connectivity index (χ0v) is 11.0. The maximum Gasteiger partial charge on any atom is 0.168 e. The van der Waals surface area contributed by atoms with Gasteiger partial charge in [0.2, 0.25) is 0 Å². The summed E-state index contributed by atoms with van der Waals surface area (Å²) in [6, 6.07) is 6.85. The summed E-state index contributed by atoms with van der Waals surface area (Å²) in [5, 5.41) is 10.2. The highest BCUT2D eigenvalue weighted by molar-refractivity contribution is 5.85. The molecule has 1 fully saturated rings. The number of ether oxygens (including phenoxy) is 1. The van der Waals surface area contributed by atoms with Gasteiger partial charge >= 0.3 is 0 Å². The van der Waals surface area contributed by atoms with Crippen molar-refractivity contribution in [3.8, 4) is 0 Å². The van der Waals surface area contributed by atoms with Crippen molar-refractivity contribution < 1.29 is 14.6 Å². The van der Waals surface area contributed by atoms with Crippen molar-refractivity contribution in [3.05, 3.63) is 35.4 Å². The molecule has 0 amide bonds. The molecule has 0 unspecified atom stereocenters. The van der Waals surface area contributed by atoms with Crippen molar-refractivity contribution in [2.75, 3.05) is 7.11 Å². The summed E-state index contributed by atoms with van der Waals surface area (Å²) >= 11 is 0. The SMILES string of the molecule is CO[C@](N)(c1cccc(C=O)c1)[C@H](O)C1CC1.Cl. The Morgan fingerprint density at radius 2 is 2.22 bits per heavy atom. The molecule has 4 nitrogen and oxygen atoms in total. The molecule has 0 spiro atoms. The maximum atomic E-state index is 10.7. The van der Waals surface area contributed by atoms with Gasteiger partial charge in [0.15, 0.2) is 5.72 Å². The first-order chi connectivity index (χ1) is 8.11. The van der Waals surface area contributed by atoms with E-state index in [1.54, 1.807) is 24.3 Å². The molecule has 1 saturated carbocycles. The van der Waals surface area contributed by atoms with E-state index in [0.717, 1.165) is 19.1 Å². The Morgan fingerprint density at radius 3 is 2.72 bits per heavy atom. The third kappa shape index (κ3) is 2.72. The van der Waals surface area contributed by atoms with E-state index in [9.17, 15) is 9.90 Å². The molecule has 0 radical (unpaired) electrons. The van der Waals surface area contributed by atoms with E-state index in [0.29, 0.717) is 11.1 Å². The summed E-state index contributed by atoms with van der Waals surface area (Å²) in [7, 11) is 1.47. The highest BCUT2D eigenvalue weighted by Gasteiger charge is 2.45. The van der Waals surface area contributed by atoms with Crippen LogP contribution in [0.25, 0.3) is 0 Å². The average molecular weight is 272 g/mol. The minimum atomic E-state index is -1.24. The van der Waals surface area contributed by atoms with Gasteiger partial charge in [-0.1, -0.05) is 18.2 Å². The Morgan fingerprint density at radius 1 is 1.56 bits per heavy atom.